The number of rotatable bonds is 6. The van der Waals surface area contributed by atoms with E-state index in [1.54, 1.807) is 0 Å². The fourth-order valence-corrected chi connectivity index (χ4v) is 2.56. The fraction of sp³-hybridized carbons (Fsp3) is 0.538. The lowest BCUT2D eigenvalue weighted by Crippen LogP contribution is -2.11. The molecule has 0 aliphatic heterocycles. The number of hydrogen-bond donors (Lipinski definition) is 1. The van der Waals surface area contributed by atoms with Gasteiger partial charge in [-0.25, -0.2) is 0 Å². The van der Waals surface area contributed by atoms with Gasteiger partial charge in [0.2, 0.25) is 0 Å². The first-order valence-electron chi connectivity index (χ1n) is 5.81. The number of nitrogens with one attached hydrogen (secondary N) is 1. The van der Waals surface area contributed by atoms with Crippen LogP contribution in [0.25, 0.3) is 0 Å². The SMILES string of the molecule is CCNCc1ccc(SCC2CC2)cc1. The van der Waals surface area contributed by atoms with Gasteiger partial charge in [0.1, 0.15) is 0 Å². The molecule has 1 N–H and O–H groups in total. The van der Waals surface area contributed by atoms with Crippen molar-refractivity contribution in [3.8, 4) is 0 Å². The standard InChI is InChI=1S/C13H19NS/c1-2-14-9-11-5-7-13(8-6-11)15-10-12-3-4-12/h5-8,12,14H,2-4,9-10H2,1H3. The van der Waals surface area contributed by atoms with Crippen LogP contribution in [0.1, 0.15) is 25.3 Å². The molecule has 1 aliphatic rings. The summed E-state index contributed by atoms with van der Waals surface area (Å²) in [7, 11) is 0. The summed E-state index contributed by atoms with van der Waals surface area (Å²) in [6.45, 7) is 4.17. The molecule has 0 unspecified atom stereocenters. The first kappa shape index (κ1) is 11.0. The highest BCUT2D eigenvalue weighted by molar-refractivity contribution is 7.99. The molecule has 0 saturated heterocycles. The normalized spacial score (nSPS) is 15.5. The molecule has 1 nitrogen and oxygen atoms in total. The van der Waals surface area contributed by atoms with Crippen LogP contribution in [0.3, 0.4) is 0 Å². The van der Waals surface area contributed by atoms with E-state index < -0.39 is 0 Å². The second-order valence-electron chi connectivity index (χ2n) is 4.18. The van der Waals surface area contributed by atoms with Crippen molar-refractivity contribution >= 4 is 11.8 Å². The van der Waals surface area contributed by atoms with Gasteiger partial charge in [0.25, 0.3) is 0 Å². The Morgan fingerprint density at radius 1 is 1.27 bits per heavy atom. The summed E-state index contributed by atoms with van der Waals surface area (Å²) >= 11 is 2.00. The van der Waals surface area contributed by atoms with Gasteiger partial charge in [-0.05, 0) is 43.0 Å². The highest BCUT2D eigenvalue weighted by Crippen LogP contribution is 2.34. The molecule has 15 heavy (non-hydrogen) atoms. The molecule has 0 radical (unpaired) electrons. The molecule has 0 spiro atoms. The van der Waals surface area contributed by atoms with Gasteiger partial charge >= 0.3 is 0 Å². The monoisotopic (exact) mass is 221 g/mol. The maximum atomic E-state index is 3.34. The first-order valence-corrected chi connectivity index (χ1v) is 6.79. The van der Waals surface area contributed by atoms with Crippen molar-refractivity contribution in [2.45, 2.75) is 31.2 Å². The van der Waals surface area contributed by atoms with Crippen molar-refractivity contribution in [1.82, 2.24) is 5.32 Å². The van der Waals surface area contributed by atoms with Crippen LogP contribution in [0.15, 0.2) is 29.2 Å². The Hall–Kier alpha value is -0.470. The Bertz CT molecular complexity index is 290. The summed E-state index contributed by atoms with van der Waals surface area (Å²) in [5.74, 6) is 2.32. The zero-order chi connectivity index (χ0) is 10.5. The smallest absolute Gasteiger partial charge is 0.0205 e. The van der Waals surface area contributed by atoms with Crippen molar-refractivity contribution in [3.05, 3.63) is 29.8 Å². The third-order valence-corrected chi connectivity index (χ3v) is 3.93. The summed E-state index contributed by atoms with van der Waals surface area (Å²) in [6, 6.07) is 8.97. The van der Waals surface area contributed by atoms with Crippen molar-refractivity contribution in [1.29, 1.82) is 0 Å². The topological polar surface area (TPSA) is 12.0 Å². The van der Waals surface area contributed by atoms with E-state index in [4.69, 9.17) is 0 Å². The van der Waals surface area contributed by atoms with E-state index in [1.807, 2.05) is 11.8 Å². The fourth-order valence-electron chi connectivity index (χ4n) is 1.47. The molecule has 0 aromatic heterocycles. The van der Waals surface area contributed by atoms with Crippen LogP contribution >= 0.6 is 11.8 Å². The second-order valence-corrected chi connectivity index (χ2v) is 5.27. The molecule has 2 heteroatoms. The van der Waals surface area contributed by atoms with Crippen LogP contribution in [0.4, 0.5) is 0 Å². The van der Waals surface area contributed by atoms with Crippen molar-refractivity contribution in [2.24, 2.45) is 5.92 Å². The third-order valence-electron chi connectivity index (χ3n) is 2.69. The van der Waals surface area contributed by atoms with Crippen LogP contribution in [0.2, 0.25) is 0 Å². The average molecular weight is 221 g/mol. The van der Waals surface area contributed by atoms with Gasteiger partial charge in [-0.2, -0.15) is 0 Å². The number of hydrogen-bond acceptors (Lipinski definition) is 2. The van der Waals surface area contributed by atoms with Crippen LogP contribution in [-0.2, 0) is 6.54 Å². The zero-order valence-electron chi connectivity index (χ0n) is 9.33. The second kappa shape index (κ2) is 5.57. The summed E-state index contributed by atoms with van der Waals surface area (Å²) in [4.78, 5) is 1.42. The van der Waals surface area contributed by atoms with Gasteiger partial charge in [-0.1, -0.05) is 19.1 Å². The third kappa shape index (κ3) is 3.88. The Labute approximate surface area is 96.7 Å². The van der Waals surface area contributed by atoms with Crippen molar-refractivity contribution in [3.63, 3.8) is 0 Å². The Balaban J connectivity index is 1.79. The minimum atomic E-state index is 0.990. The molecular formula is C13H19NS. The Kier molecular flexibility index (Phi) is 4.09. The zero-order valence-corrected chi connectivity index (χ0v) is 10.1. The molecule has 82 valence electrons. The van der Waals surface area contributed by atoms with Gasteiger partial charge < -0.3 is 5.32 Å². The predicted octanol–water partition coefficient (Wildman–Crippen LogP) is 3.30. The maximum Gasteiger partial charge on any atom is 0.0205 e. The van der Waals surface area contributed by atoms with E-state index in [0.29, 0.717) is 0 Å². The maximum absolute atomic E-state index is 3.34. The largest absolute Gasteiger partial charge is 0.313 e. The van der Waals surface area contributed by atoms with E-state index in [-0.39, 0.29) is 0 Å². The summed E-state index contributed by atoms with van der Waals surface area (Å²) < 4.78 is 0. The van der Waals surface area contributed by atoms with Gasteiger partial charge in [-0.3, -0.25) is 0 Å². The lowest BCUT2D eigenvalue weighted by Gasteiger charge is -2.04. The summed E-state index contributed by atoms with van der Waals surface area (Å²) in [5.41, 5.74) is 1.38. The van der Waals surface area contributed by atoms with E-state index in [2.05, 4.69) is 36.5 Å². The van der Waals surface area contributed by atoms with E-state index in [1.165, 1.54) is 29.1 Å². The molecule has 1 aromatic carbocycles. The molecule has 1 aromatic rings. The first-order chi connectivity index (χ1) is 7.38. The van der Waals surface area contributed by atoms with Gasteiger partial charge in [0.15, 0.2) is 0 Å². The lowest BCUT2D eigenvalue weighted by molar-refractivity contribution is 0.726. The molecule has 0 amide bonds. The molecule has 0 atom stereocenters. The summed E-state index contributed by atoms with van der Waals surface area (Å²) in [6.07, 6.45) is 2.90. The average Bonchev–Trinajstić information content (AvgIpc) is 3.09. The highest BCUT2D eigenvalue weighted by Gasteiger charge is 2.20. The number of benzene rings is 1. The van der Waals surface area contributed by atoms with E-state index in [0.717, 1.165) is 19.0 Å². The Morgan fingerprint density at radius 3 is 2.60 bits per heavy atom. The molecule has 1 saturated carbocycles. The molecule has 1 fully saturated rings. The molecule has 2 rings (SSSR count). The minimum absolute atomic E-state index is 0.990. The molecule has 0 heterocycles. The van der Waals surface area contributed by atoms with E-state index in [9.17, 15) is 0 Å². The minimum Gasteiger partial charge on any atom is -0.313 e. The van der Waals surface area contributed by atoms with Crippen LogP contribution in [0.5, 0.6) is 0 Å². The van der Waals surface area contributed by atoms with Gasteiger partial charge in [0.05, 0.1) is 0 Å². The van der Waals surface area contributed by atoms with Gasteiger partial charge in [-0.15, -0.1) is 11.8 Å². The van der Waals surface area contributed by atoms with Gasteiger partial charge in [0, 0.05) is 17.2 Å². The van der Waals surface area contributed by atoms with Crippen LogP contribution < -0.4 is 5.32 Å². The van der Waals surface area contributed by atoms with Crippen LogP contribution in [0, 0.1) is 5.92 Å². The highest BCUT2D eigenvalue weighted by atomic mass is 32.2. The van der Waals surface area contributed by atoms with Crippen molar-refractivity contribution in [2.75, 3.05) is 12.3 Å². The van der Waals surface area contributed by atoms with Crippen LogP contribution in [-0.4, -0.2) is 12.3 Å². The van der Waals surface area contributed by atoms with Crippen molar-refractivity contribution < 1.29 is 0 Å². The quantitative estimate of drug-likeness (QED) is 0.740. The number of thioether (sulfide) groups is 1. The predicted molar refractivity (Wildman–Crippen MR) is 67.3 cm³/mol. The van der Waals surface area contributed by atoms with E-state index >= 15 is 0 Å². The molecular weight excluding hydrogens is 202 g/mol. The molecule has 0 bridgehead atoms. The molecule has 1 aliphatic carbocycles. The summed E-state index contributed by atoms with van der Waals surface area (Å²) in [5, 5.41) is 3.34. The lowest BCUT2D eigenvalue weighted by atomic mass is 10.2. The Morgan fingerprint density at radius 2 is 2.00 bits per heavy atom.